The highest BCUT2D eigenvalue weighted by atomic mass is 79.9. The minimum atomic E-state index is 0.310. The van der Waals surface area contributed by atoms with E-state index in [9.17, 15) is 0 Å². The Labute approximate surface area is 119 Å². The van der Waals surface area contributed by atoms with Crippen LogP contribution in [-0.4, -0.2) is 13.2 Å². The second-order valence-corrected chi connectivity index (χ2v) is 5.98. The summed E-state index contributed by atoms with van der Waals surface area (Å²) >= 11 is 3.53. The van der Waals surface area contributed by atoms with Crippen molar-refractivity contribution in [3.8, 4) is 5.75 Å². The van der Waals surface area contributed by atoms with Crippen LogP contribution >= 0.6 is 15.9 Å². The van der Waals surface area contributed by atoms with E-state index in [1.54, 1.807) is 0 Å². The molecule has 2 nitrogen and oxygen atoms in total. The smallest absolute Gasteiger partial charge is 0.124 e. The van der Waals surface area contributed by atoms with Crippen LogP contribution < -0.4 is 10.1 Å². The summed E-state index contributed by atoms with van der Waals surface area (Å²) in [5.74, 6) is 1.53. The SMILES string of the molecule is CCCNC(C)c1cc(Br)ccc1OCC(C)C. The lowest BCUT2D eigenvalue weighted by atomic mass is 10.1. The van der Waals surface area contributed by atoms with Gasteiger partial charge in [0.05, 0.1) is 6.61 Å². The molecule has 1 aromatic carbocycles. The predicted molar refractivity (Wildman–Crippen MR) is 81.2 cm³/mol. The first kappa shape index (κ1) is 15.5. The van der Waals surface area contributed by atoms with Gasteiger partial charge >= 0.3 is 0 Å². The van der Waals surface area contributed by atoms with Gasteiger partial charge in [0, 0.05) is 16.1 Å². The molecule has 0 aromatic heterocycles. The van der Waals surface area contributed by atoms with E-state index < -0.39 is 0 Å². The molecule has 1 N–H and O–H groups in total. The van der Waals surface area contributed by atoms with Gasteiger partial charge in [-0.2, -0.15) is 0 Å². The molecule has 0 spiro atoms. The standard InChI is InChI=1S/C15H24BrNO/c1-5-8-17-12(4)14-9-13(16)6-7-15(14)18-10-11(2)3/h6-7,9,11-12,17H,5,8,10H2,1-4H3. The zero-order valence-electron chi connectivity index (χ0n) is 11.8. The van der Waals surface area contributed by atoms with Crippen LogP contribution in [0.1, 0.15) is 45.7 Å². The maximum absolute atomic E-state index is 5.89. The van der Waals surface area contributed by atoms with Crippen molar-refractivity contribution >= 4 is 15.9 Å². The molecule has 102 valence electrons. The van der Waals surface area contributed by atoms with E-state index in [1.807, 2.05) is 12.1 Å². The fraction of sp³-hybridized carbons (Fsp3) is 0.600. The normalized spacial score (nSPS) is 12.8. The molecule has 0 saturated heterocycles. The van der Waals surface area contributed by atoms with Gasteiger partial charge in [0.2, 0.25) is 0 Å². The van der Waals surface area contributed by atoms with Crippen molar-refractivity contribution in [3.05, 3.63) is 28.2 Å². The molecule has 0 amide bonds. The number of benzene rings is 1. The molecular formula is C15H24BrNO. The quantitative estimate of drug-likeness (QED) is 0.797. The van der Waals surface area contributed by atoms with Gasteiger partial charge < -0.3 is 10.1 Å². The maximum Gasteiger partial charge on any atom is 0.124 e. The molecule has 0 saturated carbocycles. The fourth-order valence-electron chi connectivity index (χ4n) is 1.72. The minimum absolute atomic E-state index is 0.310. The van der Waals surface area contributed by atoms with Crippen LogP contribution in [0.15, 0.2) is 22.7 Å². The minimum Gasteiger partial charge on any atom is -0.493 e. The summed E-state index contributed by atoms with van der Waals surface area (Å²) in [6.45, 7) is 10.5. The lowest BCUT2D eigenvalue weighted by Gasteiger charge is -2.19. The molecule has 1 atom stereocenters. The Bertz CT molecular complexity index is 366. The Hall–Kier alpha value is -0.540. The summed E-state index contributed by atoms with van der Waals surface area (Å²) < 4.78 is 6.99. The molecular weight excluding hydrogens is 290 g/mol. The zero-order chi connectivity index (χ0) is 13.5. The highest BCUT2D eigenvalue weighted by Crippen LogP contribution is 2.29. The van der Waals surface area contributed by atoms with Crippen LogP contribution in [0.2, 0.25) is 0 Å². The summed E-state index contributed by atoms with van der Waals surface area (Å²) in [6, 6.07) is 6.53. The predicted octanol–water partition coefficient (Wildman–Crippen LogP) is 4.54. The van der Waals surface area contributed by atoms with E-state index >= 15 is 0 Å². The molecule has 0 radical (unpaired) electrons. The fourth-order valence-corrected chi connectivity index (χ4v) is 2.10. The van der Waals surface area contributed by atoms with E-state index in [4.69, 9.17) is 4.74 Å². The van der Waals surface area contributed by atoms with E-state index in [-0.39, 0.29) is 0 Å². The van der Waals surface area contributed by atoms with E-state index in [0.29, 0.717) is 12.0 Å². The molecule has 0 aliphatic rings. The Balaban J connectivity index is 2.81. The van der Waals surface area contributed by atoms with Gasteiger partial charge in [-0.1, -0.05) is 36.7 Å². The third-order valence-corrected chi connectivity index (χ3v) is 3.20. The van der Waals surface area contributed by atoms with Crippen LogP contribution in [0.5, 0.6) is 5.75 Å². The van der Waals surface area contributed by atoms with E-state index in [1.165, 1.54) is 5.56 Å². The van der Waals surface area contributed by atoms with Crippen molar-refractivity contribution in [2.24, 2.45) is 5.92 Å². The first-order valence-corrected chi connectivity index (χ1v) is 7.49. The van der Waals surface area contributed by atoms with Crippen molar-refractivity contribution in [2.75, 3.05) is 13.2 Å². The molecule has 0 fully saturated rings. The molecule has 1 aromatic rings. The molecule has 3 heteroatoms. The third-order valence-electron chi connectivity index (χ3n) is 2.71. The lowest BCUT2D eigenvalue weighted by Crippen LogP contribution is -2.20. The maximum atomic E-state index is 5.89. The van der Waals surface area contributed by atoms with Crippen LogP contribution in [-0.2, 0) is 0 Å². The van der Waals surface area contributed by atoms with Crippen molar-refractivity contribution in [2.45, 2.75) is 40.2 Å². The van der Waals surface area contributed by atoms with Gasteiger partial charge in [-0.15, -0.1) is 0 Å². The Kier molecular flexibility index (Phi) is 6.72. The van der Waals surface area contributed by atoms with E-state index in [0.717, 1.165) is 29.8 Å². The van der Waals surface area contributed by atoms with Gasteiger partial charge in [-0.25, -0.2) is 0 Å². The first-order chi connectivity index (χ1) is 8.54. The summed E-state index contributed by atoms with van der Waals surface area (Å²) in [5, 5.41) is 3.50. The van der Waals surface area contributed by atoms with Crippen LogP contribution in [0.3, 0.4) is 0 Å². The number of ether oxygens (including phenoxy) is 1. The largest absolute Gasteiger partial charge is 0.493 e. The summed E-state index contributed by atoms with van der Waals surface area (Å²) in [6.07, 6.45) is 1.14. The molecule has 0 aliphatic carbocycles. The van der Waals surface area contributed by atoms with E-state index in [2.05, 4.69) is 55.0 Å². The van der Waals surface area contributed by atoms with Crippen LogP contribution in [0.4, 0.5) is 0 Å². The average molecular weight is 314 g/mol. The van der Waals surface area contributed by atoms with Crippen molar-refractivity contribution < 1.29 is 4.74 Å². The highest BCUT2D eigenvalue weighted by molar-refractivity contribution is 9.10. The summed E-state index contributed by atoms with van der Waals surface area (Å²) in [5.41, 5.74) is 1.22. The molecule has 18 heavy (non-hydrogen) atoms. The Morgan fingerprint density at radius 3 is 2.61 bits per heavy atom. The highest BCUT2D eigenvalue weighted by Gasteiger charge is 2.12. The lowest BCUT2D eigenvalue weighted by molar-refractivity contribution is 0.266. The third kappa shape index (κ3) is 4.99. The number of rotatable bonds is 7. The number of hydrogen-bond donors (Lipinski definition) is 1. The van der Waals surface area contributed by atoms with Crippen molar-refractivity contribution in [3.63, 3.8) is 0 Å². The van der Waals surface area contributed by atoms with Gasteiger partial charge in [-0.3, -0.25) is 0 Å². The Morgan fingerprint density at radius 1 is 1.28 bits per heavy atom. The van der Waals surface area contributed by atoms with Crippen LogP contribution in [0.25, 0.3) is 0 Å². The number of hydrogen-bond acceptors (Lipinski definition) is 2. The Morgan fingerprint density at radius 2 is 2.00 bits per heavy atom. The van der Waals surface area contributed by atoms with Crippen molar-refractivity contribution in [1.29, 1.82) is 0 Å². The summed E-state index contributed by atoms with van der Waals surface area (Å²) in [4.78, 5) is 0. The van der Waals surface area contributed by atoms with Crippen molar-refractivity contribution in [1.82, 2.24) is 5.32 Å². The van der Waals surface area contributed by atoms with Gasteiger partial charge in [0.1, 0.15) is 5.75 Å². The van der Waals surface area contributed by atoms with Gasteiger partial charge in [0.15, 0.2) is 0 Å². The molecule has 0 bridgehead atoms. The van der Waals surface area contributed by atoms with Gasteiger partial charge in [0.25, 0.3) is 0 Å². The monoisotopic (exact) mass is 313 g/mol. The second-order valence-electron chi connectivity index (χ2n) is 5.06. The molecule has 0 heterocycles. The molecule has 1 unspecified atom stereocenters. The second kappa shape index (κ2) is 7.80. The number of nitrogens with one attached hydrogen (secondary N) is 1. The molecule has 1 rings (SSSR count). The first-order valence-electron chi connectivity index (χ1n) is 6.70. The summed E-state index contributed by atoms with van der Waals surface area (Å²) in [7, 11) is 0. The topological polar surface area (TPSA) is 21.3 Å². The average Bonchev–Trinajstić information content (AvgIpc) is 2.34. The molecule has 0 aliphatic heterocycles. The zero-order valence-corrected chi connectivity index (χ0v) is 13.4. The number of halogens is 1. The van der Waals surface area contributed by atoms with Gasteiger partial charge in [-0.05, 0) is 44.0 Å². The van der Waals surface area contributed by atoms with Crippen LogP contribution in [0, 0.1) is 5.92 Å².